The number of fused-ring (bicyclic) bond motifs is 1. The van der Waals surface area contributed by atoms with Crippen molar-refractivity contribution >= 4 is 5.97 Å². The van der Waals surface area contributed by atoms with Gasteiger partial charge in [-0.05, 0) is 26.2 Å². The molecule has 1 heterocycles. The summed E-state index contributed by atoms with van der Waals surface area (Å²) in [6, 6.07) is 1.45. The number of benzene rings is 1. The highest BCUT2D eigenvalue weighted by Crippen LogP contribution is 2.42. The van der Waals surface area contributed by atoms with Gasteiger partial charge in [-0.25, -0.2) is 4.79 Å². The fourth-order valence-electron chi connectivity index (χ4n) is 2.72. The molecular weight excluding hydrogens is 288 g/mol. The summed E-state index contributed by atoms with van der Waals surface area (Å²) in [5.41, 5.74) is 0.752. The number of ether oxygens (including phenoxy) is 3. The summed E-state index contributed by atoms with van der Waals surface area (Å²) in [7, 11) is 2.88. The van der Waals surface area contributed by atoms with Gasteiger partial charge >= 0.3 is 5.97 Å². The minimum absolute atomic E-state index is 0.00447. The molecule has 0 aromatic heterocycles. The van der Waals surface area contributed by atoms with E-state index in [4.69, 9.17) is 14.2 Å². The van der Waals surface area contributed by atoms with Crippen LogP contribution in [-0.4, -0.2) is 42.6 Å². The number of carbonyl (C=O) groups excluding carboxylic acids is 1. The van der Waals surface area contributed by atoms with Crippen molar-refractivity contribution in [1.29, 1.82) is 0 Å². The smallest absolute Gasteiger partial charge is 0.342 e. The van der Waals surface area contributed by atoms with Crippen molar-refractivity contribution in [2.24, 2.45) is 0 Å². The number of phenols is 1. The fourth-order valence-corrected chi connectivity index (χ4v) is 2.72. The first-order chi connectivity index (χ1) is 10.5. The van der Waals surface area contributed by atoms with Crippen LogP contribution in [0.1, 0.15) is 42.1 Å². The van der Waals surface area contributed by atoms with E-state index in [9.17, 15) is 15.0 Å². The van der Waals surface area contributed by atoms with Gasteiger partial charge in [-0.2, -0.15) is 0 Å². The Hall–Kier alpha value is -1.95. The first kappa shape index (κ1) is 16.4. The first-order valence-corrected chi connectivity index (χ1v) is 7.33. The Morgan fingerprint density at radius 2 is 2.14 bits per heavy atom. The molecular formula is C16H22O6. The minimum Gasteiger partial charge on any atom is -0.507 e. The molecule has 0 spiro atoms. The second kappa shape index (κ2) is 6.87. The van der Waals surface area contributed by atoms with Crippen molar-refractivity contribution in [2.75, 3.05) is 14.2 Å². The third-order valence-electron chi connectivity index (χ3n) is 3.81. The topological polar surface area (TPSA) is 85.2 Å². The number of carbonyl (C=O) groups is 1. The highest BCUT2D eigenvalue weighted by Gasteiger charge is 2.33. The molecule has 0 saturated carbocycles. The van der Waals surface area contributed by atoms with Crippen molar-refractivity contribution in [2.45, 2.75) is 44.8 Å². The molecule has 1 aliphatic heterocycles. The van der Waals surface area contributed by atoms with E-state index in [1.807, 2.05) is 0 Å². The van der Waals surface area contributed by atoms with E-state index in [1.165, 1.54) is 20.3 Å². The third kappa shape index (κ3) is 3.27. The van der Waals surface area contributed by atoms with E-state index in [0.717, 1.165) is 6.42 Å². The normalized spacial score (nSPS) is 18.4. The number of aromatic hydroxyl groups is 1. The Morgan fingerprint density at radius 3 is 2.73 bits per heavy atom. The number of phenolic OH excluding ortho intramolecular Hbond substituents is 1. The van der Waals surface area contributed by atoms with E-state index < -0.39 is 5.97 Å². The number of esters is 1. The Labute approximate surface area is 129 Å². The Morgan fingerprint density at radius 1 is 1.41 bits per heavy atom. The molecule has 122 valence electrons. The molecule has 1 aromatic rings. The summed E-state index contributed by atoms with van der Waals surface area (Å²) in [4.78, 5) is 12.3. The zero-order valence-electron chi connectivity index (χ0n) is 13.1. The van der Waals surface area contributed by atoms with Crippen LogP contribution in [0, 0.1) is 0 Å². The molecule has 6 heteroatoms. The predicted molar refractivity (Wildman–Crippen MR) is 79.7 cm³/mol. The molecule has 2 atom stereocenters. The van der Waals surface area contributed by atoms with Gasteiger partial charge in [-0.15, -0.1) is 0 Å². The molecule has 0 radical (unpaired) electrons. The van der Waals surface area contributed by atoms with E-state index in [1.54, 1.807) is 6.92 Å². The average molecular weight is 310 g/mol. The molecule has 1 aliphatic rings. The number of aliphatic hydroxyl groups excluding tert-OH is 1. The van der Waals surface area contributed by atoms with Gasteiger partial charge in [0.1, 0.15) is 17.4 Å². The zero-order chi connectivity index (χ0) is 16.3. The first-order valence-electron chi connectivity index (χ1n) is 7.33. The van der Waals surface area contributed by atoms with Crippen LogP contribution in [0.2, 0.25) is 0 Å². The lowest BCUT2D eigenvalue weighted by atomic mass is 9.93. The van der Waals surface area contributed by atoms with Crippen LogP contribution in [0.25, 0.3) is 0 Å². The number of cyclic esters (lactones) is 1. The summed E-state index contributed by atoms with van der Waals surface area (Å²) in [5.74, 6) is 0.0603. The maximum absolute atomic E-state index is 12.3. The van der Waals surface area contributed by atoms with Crippen LogP contribution in [0.5, 0.6) is 17.2 Å². The molecule has 0 bridgehead atoms. The number of methoxy groups -OCH3 is 2. The van der Waals surface area contributed by atoms with Crippen molar-refractivity contribution in [1.82, 2.24) is 0 Å². The summed E-state index contributed by atoms with van der Waals surface area (Å²) < 4.78 is 15.8. The summed E-state index contributed by atoms with van der Waals surface area (Å²) in [6.45, 7) is 1.73. The van der Waals surface area contributed by atoms with Gasteiger partial charge in [0.25, 0.3) is 0 Å². The molecule has 0 fully saturated rings. The second-order valence-corrected chi connectivity index (χ2v) is 5.50. The van der Waals surface area contributed by atoms with Gasteiger partial charge < -0.3 is 24.4 Å². The van der Waals surface area contributed by atoms with Gasteiger partial charge in [0.15, 0.2) is 11.5 Å². The van der Waals surface area contributed by atoms with Crippen LogP contribution in [0.15, 0.2) is 6.07 Å². The zero-order valence-corrected chi connectivity index (χ0v) is 13.1. The van der Waals surface area contributed by atoms with Gasteiger partial charge in [0, 0.05) is 18.1 Å². The summed E-state index contributed by atoms with van der Waals surface area (Å²) in [5, 5.41) is 19.4. The average Bonchev–Trinajstić information content (AvgIpc) is 2.47. The van der Waals surface area contributed by atoms with Crippen LogP contribution < -0.4 is 9.47 Å². The van der Waals surface area contributed by atoms with Crippen LogP contribution in [-0.2, 0) is 11.2 Å². The highest BCUT2D eigenvalue weighted by molar-refractivity contribution is 5.97. The maximum Gasteiger partial charge on any atom is 0.342 e. The molecule has 6 nitrogen and oxygen atoms in total. The lowest BCUT2D eigenvalue weighted by Gasteiger charge is -2.27. The fraction of sp³-hybridized carbons (Fsp3) is 0.562. The summed E-state index contributed by atoms with van der Waals surface area (Å²) >= 11 is 0. The molecule has 2 rings (SSSR count). The number of hydrogen-bond acceptors (Lipinski definition) is 6. The van der Waals surface area contributed by atoms with Crippen LogP contribution in [0.3, 0.4) is 0 Å². The van der Waals surface area contributed by atoms with Gasteiger partial charge in [0.2, 0.25) is 0 Å². The van der Waals surface area contributed by atoms with E-state index in [-0.39, 0.29) is 29.3 Å². The van der Waals surface area contributed by atoms with Crippen molar-refractivity contribution in [3.05, 3.63) is 17.2 Å². The quantitative estimate of drug-likeness (QED) is 0.782. The number of aliphatic hydroxyl groups is 1. The molecule has 0 saturated heterocycles. The highest BCUT2D eigenvalue weighted by atomic mass is 16.5. The second-order valence-electron chi connectivity index (χ2n) is 5.50. The van der Waals surface area contributed by atoms with E-state index in [0.29, 0.717) is 30.6 Å². The SMILES string of the molecule is COc1cc(O)c2c(c1OC)C(=O)O[C@H](CCC[C@@H](C)O)C2. The Balaban J connectivity index is 2.25. The van der Waals surface area contributed by atoms with Gasteiger partial charge in [-0.3, -0.25) is 0 Å². The molecule has 22 heavy (non-hydrogen) atoms. The Kier molecular flexibility index (Phi) is 5.13. The number of rotatable bonds is 6. The monoisotopic (exact) mass is 310 g/mol. The largest absolute Gasteiger partial charge is 0.507 e. The van der Waals surface area contributed by atoms with E-state index in [2.05, 4.69) is 0 Å². The van der Waals surface area contributed by atoms with Crippen molar-refractivity contribution < 1.29 is 29.2 Å². The Bertz CT molecular complexity index is 552. The maximum atomic E-state index is 12.3. The van der Waals surface area contributed by atoms with Gasteiger partial charge in [0.05, 0.1) is 20.3 Å². The molecule has 0 amide bonds. The standard InChI is InChI=1S/C16H22O6/c1-9(17)5-4-6-10-7-11-12(18)8-13(20-2)15(21-3)14(11)16(19)22-10/h8-10,17-18H,4-7H2,1-3H3/t9-,10-/m1/s1. The third-order valence-corrected chi connectivity index (χ3v) is 3.81. The van der Waals surface area contributed by atoms with Crippen LogP contribution >= 0.6 is 0 Å². The number of hydrogen-bond donors (Lipinski definition) is 2. The summed E-state index contributed by atoms with van der Waals surface area (Å²) in [6.07, 6.45) is 1.79. The van der Waals surface area contributed by atoms with Crippen molar-refractivity contribution in [3.8, 4) is 17.2 Å². The molecule has 2 N–H and O–H groups in total. The van der Waals surface area contributed by atoms with Gasteiger partial charge in [-0.1, -0.05) is 0 Å². The van der Waals surface area contributed by atoms with E-state index >= 15 is 0 Å². The van der Waals surface area contributed by atoms with Crippen LogP contribution in [0.4, 0.5) is 0 Å². The molecule has 0 aliphatic carbocycles. The molecule has 0 unspecified atom stereocenters. The predicted octanol–water partition coefficient (Wildman–Crippen LogP) is 2.04. The lowest BCUT2D eigenvalue weighted by Crippen LogP contribution is -2.28. The lowest BCUT2D eigenvalue weighted by molar-refractivity contribution is 0.0216. The molecule has 1 aromatic carbocycles. The van der Waals surface area contributed by atoms with Crippen molar-refractivity contribution in [3.63, 3.8) is 0 Å². The minimum atomic E-state index is -0.519.